The molecule has 28 heavy (non-hydrogen) atoms. The molecule has 146 valence electrons. The zero-order chi connectivity index (χ0) is 20.5. The van der Waals surface area contributed by atoms with Crippen LogP contribution in [-0.2, 0) is 9.59 Å². The Morgan fingerprint density at radius 3 is 2.29 bits per heavy atom. The molecule has 0 aliphatic rings. The molecule has 0 saturated carbocycles. The lowest BCUT2D eigenvalue weighted by Gasteiger charge is -2.15. The van der Waals surface area contributed by atoms with Gasteiger partial charge in [0.15, 0.2) is 0 Å². The number of nitrogens with one attached hydrogen (secondary N) is 2. The number of hydrogen-bond donors (Lipinski definition) is 3. The minimum atomic E-state index is -1.03. The molecular formula is C21H22N2O5. The van der Waals surface area contributed by atoms with Crippen LogP contribution in [0.15, 0.2) is 60.3 Å². The number of methoxy groups -OCH3 is 1. The highest BCUT2D eigenvalue weighted by Crippen LogP contribution is 2.14. The van der Waals surface area contributed by atoms with Crippen LogP contribution in [0.3, 0.4) is 0 Å². The SMILES string of the molecule is COc1ccc(/C=C(\NC(=O)c2ccccc2)C(=O)N[C@@H](C)CC(=O)O)cc1. The Morgan fingerprint density at radius 2 is 1.71 bits per heavy atom. The van der Waals surface area contributed by atoms with Crippen molar-refractivity contribution in [1.29, 1.82) is 0 Å². The van der Waals surface area contributed by atoms with Gasteiger partial charge in [0.2, 0.25) is 0 Å². The second kappa shape index (κ2) is 9.91. The predicted octanol–water partition coefficient (Wildman–Crippen LogP) is 2.45. The van der Waals surface area contributed by atoms with Gasteiger partial charge in [-0.2, -0.15) is 0 Å². The van der Waals surface area contributed by atoms with Gasteiger partial charge < -0.3 is 20.5 Å². The van der Waals surface area contributed by atoms with Crippen molar-refractivity contribution in [3.05, 3.63) is 71.4 Å². The molecule has 0 aromatic heterocycles. The van der Waals surface area contributed by atoms with E-state index in [1.54, 1.807) is 68.6 Å². The molecule has 0 unspecified atom stereocenters. The molecule has 0 heterocycles. The molecule has 0 bridgehead atoms. The van der Waals surface area contributed by atoms with Crippen molar-refractivity contribution in [2.24, 2.45) is 0 Å². The fraction of sp³-hybridized carbons (Fsp3) is 0.190. The number of benzene rings is 2. The number of hydrogen-bond acceptors (Lipinski definition) is 4. The number of carboxylic acids is 1. The highest BCUT2D eigenvalue weighted by Gasteiger charge is 2.17. The number of aliphatic carboxylic acids is 1. The molecule has 0 radical (unpaired) electrons. The molecule has 2 amide bonds. The van der Waals surface area contributed by atoms with Crippen molar-refractivity contribution in [3.8, 4) is 5.75 Å². The Labute approximate surface area is 163 Å². The van der Waals surface area contributed by atoms with Gasteiger partial charge in [0, 0.05) is 11.6 Å². The average molecular weight is 382 g/mol. The van der Waals surface area contributed by atoms with Crippen molar-refractivity contribution in [1.82, 2.24) is 10.6 Å². The lowest BCUT2D eigenvalue weighted by atomic mass is 10.1. The summed E-state index contributed by atoms with van der Waals surface area (Å²) in [5.41, 5.74) is 1.08. The molecule has 7 nitrogen and oxygen atoms in total. The van der Waals surface area contributed by atoms with Crippen molar-refractivity contribution in [2.45, 2.75) is 19.4 Å². The molecule has 3 N–H and O–H groups in total. The highest BCUT2D eigenvalue weighted by atomic mass is 16.5. The van der Waals surface area contributed by atoms with Gasteiger partial charge in [-0.1, -0.05) is 30.3 Å². The third-order valence-corrected chi connectivity index (χ3v) is 3.81. The van der Waals surface area contributed by atoms with Crippen LogP contribution in [-0.4, -0.2) is 36.0 Å². The van der Waals surface area contributed by atoms with Gasteiger partial charge in [0.05, 0.1) is 13.5 Å². The van der Waals surface area contributed by atoms with E-state index >= 15 is 0 Å². The monoisotopic (exact) mass is 382 g/mol. The van der Waals surface area contributed by atoms with Crippen LogP contribution in [0.1, 0.15) is 29.3 Å². The van der Waals surface area contributed by atoms with Gasteiger partial charge in [-0.15, -0.1) is 0 Å². The number of ether oxygens (including phenoxy) is 1. The summed E-state index contributed by atoms with van der Waals surface area (Å²) in [6, 6.07) is 14.8. The fourth-order valence-electron chi connectivity index (χ4n) is 2.42. The van der Waals surface area contributed by atoms with Crippen LogP contribution in [0.2, 0.25) is 0 Å². The normalized spacial score (nSPS) is 12.0. The maximum absolute atomic E-state index is 12.6. The van der Waals surface area contributed by atoms with E-state index in [4.69, 9.17) is 9.84 Å². The fourth-order valence-corrected chi connectivity index (χ4v) is 2.42. The molecule has 2 aromatic carbocycles. The molecule has 0 fully saturated rings. The van der Waals surface area contributed by atoms with Crippen LogP contribution >= 0.6 is 0 Å². The zero-order valence-corrected chi connectivity index (χ0v) is 15.6. The topological polar surface area (TPSA) is 105 Å². The van der Waals surface area contributed by atoms with Gasteiger partial charge in [-0.25, -0.2) is 0 Å². The van der Waals surface area contributed by atoms with Crippen LogP contribution in [0.4, 0.5) is 0 Å². The quantitative estimate of drug-likeness (QED) is 0.608. The second-order valence-electron chi connectivity index (χ2n) is 6.12. The van der Waals surface area contributed by atoms with Crippen molar-refractivity contribution in [3.63, 3.8) is 0 Å². The first-order valence-electron chi connectivity index (χ1n) is 8.64. The third-order valence-electron chi connectivity index (χ3n) is 3.81. The van der Waals surface area contributed by atoms with E-state index in [1.807, 2.05) is 0 Å². The summed E-state index contributed by atoms with van der Waals surface area (Å²) in [6.45, 7) is 1.58. The Bertz CT molecular complexity index is 860. The number of amides is 2. The molecular weight excluding hydrogens is 360 g/mol. The number of carbonyl (C=O) groups excluding carboxylic acids is 2. The summed E-state index contributed by atoms with van der Waals surface area (Å²) in [5, 5.41) is 14.1. The molecule has 0 saturated heterocycles. The van der Waals surface area contributed by atoms with Crippen molar-refractivity contribution >= 4 is 23.9 Å². The first-order chi connectivity index (χ1) is 13.4. The van der Waals surface area contributed by atoms with E-state index in [2.05, 4.69) is 10.6 Å². The van der Waals surface area contributed by atoms with Crippen molar-refractivity contribution in [2.75, 3.05) is 7.11 Å². The second-order valence-corrected chi connectivity index (χ2v) is 6.12. The lowest BCUT2D eigenvalue weighted by molar-refractivity contribution is -0.137. The van der Waals surface area contributed by atoms with Crippen LogP contribution < -0.4 is 15.4 Å². The highest BCUT2D eigenvalue weighted by molar-refractivity contribution is 6.05. The zero-order valence-electron chi connectivity index (χ0n) is 15.6. The minimum absolute atomic E-state index is 0.0104. The Morgan fingerprint density at radius 1 is 1.07 bits per heavy atom. The summed E-state index contributed by atoms with van der Waals surface area (Å²) >= 11 is 0. The van der Waals surface area contributed by atoms with Gasteiger partial charge in [-0.3, -0.25) is 14.4 Å². The van der Waals surface area contributed by atoms with E-state index in [9.17, 15) is 14.4 Å². The molecule has 0 aliphatic heterocycles. The van der Waals surface area contributed by atoms with E-state index in [-0.39, 0.29) is 12.1 Å². The first-order valence-corrected chi connectivity index (χ1v) is 8.64. The molecule has 0 aliphatic carbocycles. The van der Waals surface area contributed by atoms with Gasteiger partial charge in [-0.05, 0) is 42.8 Å². The molecule has 2 rings (SSSR count). The minimum Gasteiger partial charge on any atom is -0.497 e. The number of carbonyl (C=O) groups is 3. The maximum atomic E-state index is 12.6. The van der Waals surface area contributed by atoms with Gasteiger partial charge in [0.25, 0.3) is 11.8 Å². The number of carboxylic acid groups (broad SMARTS) is 1. The molecule has 1 atom stereocenters. The Balaban J connectivity index is 2.25. The number of rotatable bonds is 8. The van der Waals surface area contributed by atoms with Crippen LogP contribution in [0.25, 0.3) is 6.08 Å². The van der Waals surface area contributed by atoms with E-state index < -0.39 is 23.8 Å². The summed E-state index contributed by atoms with van der Waals surface area (Å²) in [4.78, 5) is 35.9. The van der Waals surface area contributed by atoms with Gasteiger partial charge in [0.1, 0.15) is 11.4 Å². The summed E-state index contributed by atoms with van der Waals surface area (Å²) in [5.74, 6) is -1.39. The lowest BCUT2D eigenvalue weighted by Crippen LogP contribution is -2.40. The van der Waals surface area contributed by atoms with E-state index in [1.165, 1.54) is 6.08 Å². The Kier molecular flexibility index (Phi) is 7.33. The summed E-state index contributed by atoms with van der Waals surface area (Å²) < 4.78 is 5.11. The standard InChI is InChI=1S/C21H22N2O5/c1-14(12-19(24)25)22-21(27)18(13-15-8-10-17(28-2)11-9-15)23-20(26)16-6-4-3-5-7-16/h3-11,13-14H,12H2,1-2H3,(H,22,27)(H,23,26)(H,24,25)/b18-13-/t14-/m0/s1. The smallest absolute Gasteiger partial charge is 0.305 e. The average Bonchev–Trinajstić information content (AvgIpc) is 2.67. The van der Waals surface area contributed by atoms with Gasteiger partial charge >= 0.3 is 5.97 Å². The van der Waals surface area contributed by atoms with E-state index in [0.717, 1.165) is 0 Å². The first kappa shape index (κ1) is 20.7. The maximum Gasteiger partial charge on any atom is 0.305 e. The summed E-state index contributed by atoms with van der Waals surface area (Å²) in [7, 11) is 1.55. The van der Waals surface area contributed by atoms with Crippen LogP contribution in [0.5, 0.6) is 5.75 Å². The third kappa shape index (κ3) is 6.28. The summed E-state index contributed by atoms with van der Waals surface area (Å²) in [6.07, 6.45) is 1.29. The molecule has 7 heteroatoms. The van der Waals surface area contributed by atoms with Crippen molar-refractivity contribution < 1.29 is 24.2 Å². The Hall–Kier alpha value is -3.61. The van der Waals surface area contributed by atoms with Crippen LogP contribution in [0, 0.1) is 0 Å². The molecule has 2 aromatic rings. The predicted molar refractivity (Wildman–Crippen MR) is 105 cm³/mol. The molecule has 0 spiro atoms. The van der Waals surface area contributed by atoms with E-state index in [0.29, 0.717) is 16.9 Å². The largest absolute Gasteiger partial charge is 0.497 e.